The number of hydrogen-bond acceptors (Lipinski definition) is 5. The first-order valence-electron chi connectivity index (χ1n) is 12.2. The lowest BCUT2D eigenvalue weighted by molar-refractivity contribution is 0.122. The molecule has 7 heteroatoms. The Morgan fingerprint density at radius 3 is 2.32 bits per heavy atom. The van der Waals surface area contributed by atoms with Gasteiger partial charge in [-0.25, -0.2) is 4.98 Å². The number of benzene rings is 3. The van der Waals surface area contributed by atoms with E-state index in [-0.39, 0.29) is 5.56 Å². The lowest BCUT2D eigenvalue weighted by Crippen LogP contribution is -2.36. The second-order valence-electron chi connectivity index (χ2n) is 8.92. The summed E-state index contributed by atoms with van der Waals surface area (Å²) in [6.45, 7) is 3.23. The largest absolute Gasteiger partial charge is 0.378 e. The molecule has 1 aliphatic heterocycles. The molecule has 0 aliphatic carbocycles. The van der Waals surface area contributed by atoms with E-state index >= 15 is 0 Å². The summed E-state index contributed by atoms with van der Waals surface area (Å²) in [5.74, 6) is 0.502. The molecule has 1 aliphatic rings. The van der Waals surface area contributed by atoms with Crippen molar-refractivity contribution >= 4 is 39.6 Å². The van der Waals surface area contributed by atoms with Crippen molar-refractivity contribution in [1.29, 1.82) is 0 Å². The minimum atomic E-state index is -0.191. The molecule has 0 bridgehead atoms. The fourth-order valence-electron chi connectivity index (χ4n) is 4.78. The summed E-state index contributed by atoms with van der Waals surface area (Å²) in [5.41, 5.74) is 5.40. The van der Waals surface area contributed by atoms with Gasteiger partial charge in [0.2, 0.25) is 0 Å². The van der Waals surface area contributed by atoms with E-state index in [2.05, 4.69) is 27.3 Å². The summed E-state index contributed by atoms with van der Waals surface area (Å²) < 4.78 is 5.46. The molecule has 184 valence electrons. The van der Waals surface area contributed by atoms with Crippen LogP contribution >= 0.6 is 11.6 Å². The van der Waals surface area contributed by atoms with Crippen LogP contribution in [0.2, 0.25) is 5.02 Å². The highest BCUT2D eigenvalue weighted by molar-refractivity contribution is 6.33. The first-order chi connectivity index (χ1) is 18.2. The summed E-state index contributed by atoms with van der Waals surface area (Å²) >= 11 is 6.55. The Kier molecular flexibility index (Phi) is 6.35. The molecule has 0 saturated carbocycles. The molecular weight excluding hydrogens is 484 g/mol. The number of fused-ring (bicyclic) bond motifs is 1. The summed E-state index contributed by atoms with van der Waals surface area (Å²) in [5, 5.41) is 5.38. The van der Waals surface area contributed by atoms with E-state index in [0.717, 1.165) is 65.4 Å². The standard InChI is InChI=1S/C30H25ClN4O2/c31-26-8-4-3-6-24(26)23-5-1-2-7-25(23)27-19-20-13-14-32-30(36)28(20)29(34-27)33-21-9-11-22(12-10-21)35-15-17-37-18-16-35/h1-14,19H,15-18H2,(H,32,36)(H,33,34). The van der Waals surface area contributed by atoms with Gasteiger partial charge in [-0.15, -0.1) is 0 Å². The van der Waals surface area contributed by atoms with Gasteiger partial charge in [0.05, 0.1) is 24.3 Å². The number of ether oxygens (including phenoxy) is 1. The molecular formula is C30H25ClN4O2. The van der Waals surface area contributed by atoms with Crippen molar-refractivity contribution in [2.75, 3.05) is 36.5 Å². The van der Waals surface area contributed by atoms with Gasteiger partial charge in [-0.1, -0.05) is 54.1 Å². The van der Waals surface area contributed by atoms with Crippen LogP contribution in [0.4, 0.5) is 17.2 Å². The van der Waals surface area contributed by atoms with Crippen molar-refractivity contribution in [3.8, 4) is 22.4 Å². The average molecular weight is 509 g/mol. The van der Waals surface area contributed by atoms with Gasteiger partial charge in [0.25, 0.3) is 5.56 Å². The fraction of sp³-hybridized carbons (Fsp3) is 0.133. The maximum absolute atomic E-state index is 12.9. The summed E-state index contributed by atoms with van der Waals surface area (Å²) in [6.07, 6.45) is 1.66. The van der Waals surface area contributed by atoms with Crippen LogP contribution in [0.3, 0.4) is 0 Å². The molecule has 0 spiro atoms. The maximum atomic E-state index is 12.9. The topological polar surface area (TPSA) is 70.2 Å². The molecule has 2 aromatic heterocycles. The SMILES string of the molecule is O=c1[nH]ccc2cc(-c3ccccc3-c3ccccc3Cl)nc(Nc3ccc(N4CCOCC4)cc3)c12. The molecule has 0 atom stereocenters. The number of nitrogens with zero attached hydrogens (tertiary/aromatic N) is 2. The Bertz CT molecular complexity index is 1630. The van der Waals surface area contributed by atoms with E-state index < -0.39 is 0 Å². The molecule has 37 heavy (non-hydrogen) atoms. The van der Waals surface area contributed by atoms with Crippen LogP contribution in [0.25, 0.3) is 33.2 Å². The van der Waals surface area contributed by atoms with Crippen molar-refractivity contribution in [3.05, 3.63) is 107 Å². The Hall–Kier alpha value is -4.13. The van der Waals surface area contributed by atoms with Crippen LogP contribution in [0.5, 0.6) is 0 Å². The number of halogens is 1. The van der Waals surface area contributed by atoms with Crippen LogP contribution < -0.4 is 15.8 Å². The second kappa shape index (κ2) is 10.1. The molecule has 1 fully saturated rings. The quantitative estimate of drug-likeness (QED) is 0.284. The van der Waals surface area contributed by atoms with Gasteiger partial charge in [-0.2, -0.15) is 0 Å². The summed E-state index contributed by atoms with van der Waals surface area (Å²) in [7, 11) is 0. The average Bonchev–Trinajstić information content (AvgIpc) is 2.94. The molecule has 6 nitrogen and oxygen atoms in total. The van der Waals surface area contributed by atoms with E-state index in [9.17, 15) is 4.79 Å². The van der Waals surface area contributed by atoms with Crippen LogP contribution in [0.1, 0.15) is 0 Å². The predicted molar refractivity (Wildman–Crippen MR) is 151 cm³/mol. The highest BCUT2D eigenvalue weighted by Crippen LogP contribution is 2.37. The molecule has 2 N–H and O–H groups in total. The van der Waals surface area contributed by atoms with Crippen LogP contribution in [0, 0.1) is 0 Å². The number of rotatable bonds is 5. The Morgan fingerprint density at radius 1 is 0.865 bits per heavy atom. The maximum Gasteiger partial charge on any atom is 0.259 e. The molecule has 0 unspecified atom stereocenters. The number of nitrogens with one attached hydrogen (secondary N) is 2. The smallest absolute Gasteiger partial charge is 0.259 e. The zero-order valence-electron chi connectivity index (χ0n) is 20.1. The van der Waals surface area contributed by atoms with Gasteiger partial charge in [0.1, 0.15) is 5.82 Å². The van der Waals surface area contributed by atoms with Crippen molar-refractivity contribution in [3.63, 3.8) is 0 Å². The zero-order chi connectivity index (χ0) is 25.2. The first kappa shape index (κ1) is 23.3. The van der Waals surface area contributed by atoms with E-state index in [1.54, 1.807) is 6.20 Å². The lowest BCUT2D eigenvalue weighted by atomic mass is 9.96. The van der Waals surface area contributed by atoms with Gasteiger partial charge in [0, 0.05) is 46.8 Å². The third-order valence-electron chi connectivity index (χ3n) is 6.63. The van der Waals surface area contributed by atoms with E-state index in [4.69, 9.17) is 21.3 Å². The highest BCUT2D eigenvalue weighted by Gasteiger charge is 2.16. The van der Waals surface area contributed by atoms with Crippen molar-refractivity contribution in [2.24, 2.45) is 0 Å². The molecule has 3 aromatic carbocycles. The summed E-state index contributed by atoms with van der Waals surface area (Å²) in [4.78, 5) is 22.9. The Morgan fingerprint density at radius 2 is 1.57 bits per heavy atom. The van der Waals surface area contributed by atoms with Crippen molar-refractivity contribution in [2.45, 2.75) is 0 Å². The van der Waals surface area contributed by atoms with Gasteiger partial charge in [-0.05, 0) is 53.4 Å². The predicted octanol–water partition coefficient (Wildman–Crippen LogP) is 6.49. The third-order valence-corrected chi connectivity index (χ3v) is 6.96. The normalized spacial score (nSPS) is 13.6. The minimum absolute atomic E-state index is 0.191. The number of aromatic amines is 1. The van der Waals surface area contributed by atoms with E-state index in [1.807, 2.05) is 72.8 Å². The van der Waals surface area contributed by atoms with Crippen molar-refractivity contribution < 1.29 is 4.74 Å². The number of morpholine rings is 1. The van der Waals surface area contributed by atoms with Gasteiger partial charge in [-0.3, -0.25) is 4.79 Å². The Labute approximate surface area is 219 Å². The van der Waals surface area contributed by atoms with Gasteiger partial charge < -0.3 is 19.9 Å². The second-order valence-corrected chi connectivity index (χ2v) is 9.33. The molecule has 6 rings (SSSR count). The van der Waals surface area contributed by atoms with Crippen molar-refractivity contribution in [1.82, 2.24) is 9.97 Å². The molecule has 5 aromatic rings. The minimum Gasteiger partial charge on any atom is -0.378 e. The highest BCUT2D eigenvalue weighted by atomic mass is 35.5. The Balaban J connectivity index is 1.43. The molecule has 3 heterocycles. The first-order valence-corrected chi connectivity index (χ1v) is 12.6. The lowest BCUT2D eigenvalue weighted by Gasteiger charge is -2.28. The number of pyridine rings is 2. The van der Waals surface area contributed by atoms with Gasteiger partial charge >= 0.3 is 0 Å². The third kappa shape index (κ3) is 4.69. The van der Waals surface area contributed by atoms with Crippen LogP contribution in [0.15, 0.2) is 95.9 Å². The van der Waals surface area contributed by atoms with Crippen LogP contribution in [-0.2, 0) is 4.74 Å². The zero-order valence-corrected chi connectivity index (χ0v) is 20.8. The van der Waals surface area contributed by atoms with Gasteiger partial charge in [0.15, 0.2) is 0 Å². The monoisotopic (exact) mass is 508 g/mol. The van der Waals surface area contributed by atoms with Crippen LogP contribution in [-0.4, -0.2) is 36.3 Å². The number of hydrogen-bond donors (Lipinski definition) is 2. The summed E-state index contributed by atoms with van der Waals surface area (Å²) in [6, 6.07) is 27.8. The fourth-order valence-corrected chi connectivity index (χ4v) is 5.01. The number of H-pyrrole nitrogens is 1. The number of aromatic nitrogens is 2. The van der Waals surface area contributed by atoms with E-state index in [0.29, 0.717) is 16.2 Å². The molecule has 1 saturated heterocycles. The molecule has 0 amide bonds. The van der Waals surface area contributed by atoms with E-state index in [1.165, 1.54) is 0 Å². The number of anilines is 3. The molecule has 0 radical (unpaired) electrons.